The van der Waals surface area contributed by atoms with Crippen molar-refractivity contribution in [3.8, 4) is 11.6 Å². The van der Waals surface area contributed by atoms with E-state index in [4.69, 9.17) is 9.47 Å². The molecule has 0 aliphatic rings. The minimum atomic E-state index is 0.414. The Labute approximate surface area is 137 Å². The van der Waals surface area contributed by atoms with Crippen LogP contribution in [0.5, 0.6) is 11.6 Å². The first-order valence-electron chi connectivity index (χ1n) is 7.60. The molecular formula is C18H23N3O2. The van der Waals surface area contributed by atoms with Crippen molar-refractivity contribution in [3.63, 3.8) is 0 Å². The fraction of sp³-hybridized carbons (Fsp3) is 0.333. The van der Waals surface area contributed by atoms with Crippen molar-refractivity contribution < 1.29 is 9.47 Å². The third-order valence-corrected chi connectivity index (χ3v) is 3.49. The molecule has 0 radical (unpaired) electrons. The molecule has 1 aromatic heterocycles. The van der Waals surface area contributed by atoms with Crippen LogP contribution in [-0.2, 0) is 6.61 Å². The maximum absolute atomic E-state index is 5.76. The van der Waals surface area contributed by atoms with Gasteiger partial charge >= 0.3 is 0 Å². The van der Waals surface area contributed by atoms with E-state index in [2.05, 4.69) is 16.9 Å². The number of methoxy groups -OCH3 is 1. The van der Waals surface area contributed by atoms with Gasteiger partial charge in [0, 0.05) is 25.2 Å². The Hall–Kier alpha value is -2.56. The second kappa shape index (κ2) is 8.17. The number of pyridine rings is 1. The van der Waals surface area contributed by atoms with E-state index in [0.29, 0.717) is 12.5 Å². The average molecular weight is 313 g/mol. The number of para-hydroxylation sites is 1. The summed E-state index contributed by atoms with van der Waals surface area (Å²) in [5, 5.41) is 0. The van der Waals surface area contributed by atoms with E-state index in [1.165, 1.54) is 0 Å². The molecule has 0 atom stereocenters. The van der Waals surface area contributed by atoms with Crippen LogP contribution >= 0.6 is 0 Å². The van der Waals surface area contributed by atoms with Crippen LogP contribution in [0, 0.1) is 6.92 Å². The molecule has 0 unspecified atom stereocenters. The van der Waals surface area contributed by atoms with E-state index in [9.17, 15) is 0 Å². The molecule has 0 bridgehead atoms. The van der Waals surface area contributed by atoms with E-state index in [-0.39, 0.29) is 0 Å². The lowest BCUT2D eigenvalue weighted by Gasteiger charge is -2.11. The Balaban J connectivity index is 2.04. The van der Waals surface area contributed by atoms with Crippen molar-refractivity contribution in [1.29, 1.82) is 0 Å². The molecule has 0 saturated carbocycles. The molecule has 0 N–H and O–H groups in total. The number of benzene rings is 1. The number of ether oxygens (including phenoxy) is 2. The first-order chi connectivity index (χ1) is 11.1. The van der Waals surface area contributed by atoms with E-state index < -0.39 is 0 Å². The number of hydrogen-bond acceptors (Lipinski definition) is 4. The van der Waals surface area contributed by atoms with Gasteiger partial charge in [-0.1, -0.05) is 18.2 Å². The van der Waals surface area contributed by atoms with Gasteiger partial charge < -0.3 is 14.4 Å². The van der Waals surface area contributed by atoms with Crippen LogP contribution in [0.25, 0.3) is 0 Å². The lowest BCUT2D eigenvalue weighted by molar-refractivity contribution is 0.285. The normalized spacial score (nSPS) is 10.8. The summed E-state index contributed by atoms with van der Waals surface area (Å²) in [5.41, 5.74) is 2.67. The molecule has 0 aliphatic carbocycles. The SMILES string of the molecule is CCN(C)/C=N/c1ccc(OCc2ccccc2OC)nc1C. The minimum Gasteiger partial charge on any atom is -0.496 e. The summed E-state index contributed by atoms with van der Waals surface area (Å²) in [5.74, 6) is 1.39. The van der Waals surface area contributed by atoms with Gasteiger partial charge in [-0.25, -0.2) is 9.98 Å². The second-order valence-electron chi connectivity index (χ2n) is 5.17. The minimum absolute atomic E-state index is 0.414. The molecule has 5 heteroatoms. The van der Waals surface area contributed by atoms with Gasteiger partial charge in [0.15, 0.2) is 0 Å². The van der Waals surface area contributed by atoms with E-state index in [0.717, 1.165) is 29.2 Å². The fourth-order valence-electron chi connectivity index (χ4n) is 1.96. The summed E-state index contributed by atoms with van der Waals surface area (Å²) >= 11 is 0. The number of hydrogen-bond donors (Lipinski definition) is 0. The van der Waals surface area contributed by atoms with Crippen molar-refractivity contribution >= 4 is 12.0 Å². The summed E-state index contributed by atoms with van der Waals surface area (Å²) in [6.45, 7) is 5.33. The molecule has 5 nitrogen and oxygen atoms in total. The zero-order valence-corrected chi connectivity index (χ0v) is 14.1. The van der Waals surface area contributed by atoms with Crippen molar-refractivity contribution in [2.45, 2.75) is 20.5 Å². The van der Waals surface area contributed by atoms with Crippen molar-refractivity contribution in [2.75, 3.05) is 20.7 Å². The Morgan fingerprint density at radius 2 is 2.00 bits per heavy atom. The summed E-state index contributed by atoms with van der Waals surface area (Å²) in [6.07, 6.45) is 1.80. The van der Waals surface area contributed by atoms with Crippen LogP contribution < -0.4 is 9.47 Å². The first-order valence-corrected chi connectivity index (χ1v) is 7.60. The number of nitrogens with zero attached hydrogens (tertiary/aromatic N) is 3. The predicted octanol–water partition coefficient (Wildman–Crippen LogP) is 3.59. The topological polar surface area (TPSA) is 47.0 Å². The summed E-state index contributed by atoms with van der Waals surface area (Å²) < 4.78 is 11.1. The van der Waals surface area contributed by atoms with Gasteiger partial charge in [0.1, 0.15) is 12.4 Å². The number of rotatable bonds is 7. The smallest absolute Gasteiger partial charge is 0.213 e. The molecule has 122 valence electrons. The molecule has 0 spiro atoms. The number of aryl methyl sites for hydroxylation is 1. The molecule has 1 heterocycles. The van der Waals surface area contributed by atoms with Crippen LogP contribution in [0.3, 0.4) is 0 Å². The highest BCUT2D eigenvalue weighted by molar-refractivity contribution is 5.62. The van der Waals surface area contributed by atoms with Gasteiger partial charge in [-0.05, 0) is 26.0 Å². The average Bonchev–Trinajstić information content (AvgIpc) is 2.59. The lowest BCUT2D eigenvalue weighted by Crippen LogP contribution is -2.14. The molecule has 1 aromatic carbocycles. The Morgan fingerprint density at radius 3 is 2.70 bits per heavy atom. The maximum atomic E-state index is 5.76. The second-order valence-corrected chi connectivity index (χ2v) is 5.17. The van der Waals surface area contributed by atoms with Crippen molar-refractivity contribution in [2.24, 2.45) is 4.99 Å². The Morgan fingerprint density at radius 1 is 1.22 bits per heavy atom. The quantitative estimate of drug-likeness (QED) is 0.579. The van der Waals surface area contributed by atoms with Gasteiger partial charge in [0.2, 0.25) is 5.88 Å². The summed E-state index contributed by atoms with van der Waals surface area (Å²) in [4.78, 5) is 10.9. The Kier molecular flexibility index (Phi) is 5.97. The van der Waals surface area contributed by atoms with Gasteiger partial charge in [0.25, 0.3) is 0 Å². The molecular weight excluding hydrogens is 290 g/mol. The molecule has 0 aliphatic heterocycles. The van der Waals surface area contributed by atoms with E-state index in [1.807, 2.05) is 55.3 Å². The third kappa shape index (κ3) is 4.71. The monoisotopic (exact) mass is 313 g/mol. The predicted molar refractivity (Wildman–Crippen MR) is 92.8 cm³/mol. The van der Waals surface area contributed by atoms with E-state index >= 15 is 0 Å². The highest BCUT2D eigenvalue weighted by atomic mass is 16.5. The van der Waals surface area contributed by atoms with Crippen molar-refractivity contribution in [1.82, 2.24) is 9.88 Å². The molecule has 0 fully saturated rings. The number of aliphatic imine (C=N–C) groups is 1. The van der Waals surface area contributed by atoms with Crippen LogP contribution in [0.15, 0.2) is 41.4 Å². The van der Waals surface area contributed by atoms with Gasteiger partial charge in [-0.15, -0.1) is 0 Å². The largest absolute Gasteiger partial charge is 0.496 e. The van der Waals surface area contributed by atoms with E-state index in [1.54, 1.807) is 13.4 Å². The van der Waals surface area contributed by atoms with Gasteiger partial charge in [-0.2, -0.15) is 0 Å². The first kappa shape index (κ1) is 16.8. The van der Waals surface area contributed by atoms with Crippen LogP contribution in [0.2, 0.25) is 0 Å². The molecule has 0 saturated heterocycles. The van der Waals surface area contributed by atoms with Crippen LogP contribution in [0.1, 0.15) is 18.2 Å². The highest BCUT2D eigenvalue weighted by Gasteiger charge is 2.05. The zero-order valence-electron chi connectivity index (χ0n) is 14.1. The molecule has 23 heavy (non-hydrogen) atoms. The molecule has 0 amide bonds. The molecule has 2 rings (SSSR count). The third-order valence-electron chi connectivity index (χ3n) is 3.49. The molecule has 2 aromatic rings. The zero-order chi connectivity index (χ0) is 16.7. The van der Waals surface area contributed by atoms with Gasteiger partial charge in [-0.3, -0.25) is 0 Å². The standard InChI is InChI=1S/C18H23N3O2/c1-5-21(3)13-19-16-10-11-18(20-14(16)2)23-12-15-8-6-7-9-17(15)22-4/h6-11,13H,5,12H2,1-4H3/b19-13+. The maximum Gasteiger partial charge on any atom is 0.213 e. The van der Waals surface area contributed by atoms with Crippen LogP contribution in [0.4, 0.5) is 5.69 Å². The van der Waals surface area contributed by atoms with Gasteiger partial charge in [0.05, 0.1) is 24.8 Å². The fourth-order valence-corrected chi connectivity index (χ4v) is 1.96. The highest BCUT2D eigenvalue weighted by Crippen LogP contribution is 2.22. The lowest BCUT2D eigenvalue weighted by atomic mass is 10.2. The van der Waals surface area contributed by atoms with Crippen molar-refractivity contribution in [3.05, 3.63) is 47.7 Å². The number of aromatic nitrogens is 1. The summed E-state index contributed by atoms with van der Waals surface area (Å²) in [6, 6.07) is 11.5. The summed E-state index contributed by atoms with van der Waals surface area (Å²) in [7, 11) is 3.64. The van der Waals surface area contributed by atoms with Crippen LogP contribution in [-0.4, -0.2) is 36.9 Å². The Bertz CT molecular complexity index is 671.